The Morgan fingerprint density at radius 2 is 2.11 bits per heavy atom. The minimum atomic E-state index is -0.142. The lowest BCUT2D eigenvalue weighted by Crippen LogP contribution is -2.54. The fourth-order valence-electron chi connectivity index (χ4n) is 4.26. The van der Waals surface area contributed by atoms with Crippen LogP contribution in [-0.4, -0.2) is 43.2 Å². The van der Waals surface area contributed by atoms with Crippen molar-refractivity contribution < 1.29 is 14.1 Å². The number of benzene rings is 1. The van der Waals surface area contributed by atoms with Crippen LogP contribution in [0.3, 0.4) is 0 Å². The van der Waals surface area contributed by atoms with Crippen LogP contribution in [0.1, 0.15) is 46.6 Å². The van der Waals surface area contributed by atoms with E-state index in [4.69, 9.17) is 4.52 Å². The second kappa shape index (κ2) is 7.30. The number of carbonyl (C=O) groups excluding carboxylic acids is 2. The molecule has 0 saturated carbocycles. The summed E-state index contributed by atoms with van der Waals surface area (Å²) in [5.41, 5.74) is 4.30. The molecular weight excluding hydrogens is 356 g/mol. The molecule has 2 aliphatic heterocycles. The maximum absolute atomic E-state index is 12.7. The minimum Gasteiger partial charge on any atom is -0.361 e. The van der Waals surface area contributed by atoms with Gasteiger partial charge in [-0.2, -0.15) is 0 Å². The Labute approximate surface area is 164 Å². The second-order valence-corrected chi connectivity index (χ2v) is 7.61. The number of amides is 2. The molecule has 0 bridgehead atoms. The van der Waals surface area contributed by atoms with Crippen molar-refractivity contribution in [3.8, 4) is 0 Å². The summed E-state index contributed by atoms with van der Waals surface area (Å²) < 4.78 is 5.16. The van der Waals surface area contributed by atoms with Crippen LogP contribution in [0.25, 0.3) is 0 Å². The smallest absolute Gasteiger partial charge is 0.251 e. The summed E-state index contributed by atoms with van der Waals surface area (Å²) in [6, 6.07) is 5.57. The first-order chi connectivity index (χ1) is 13.5. The predicted molar refractivity (Wildman–Crippen MR) is 107 cm³/mol. The highest BCUT2D eigenvalue weighted by Gasteiger charge is 2.37. The molecule has 3 heterocycles. The molecule has 1 fully saturated rings. The summed E-state index contributed by atoms with van der Waals surface area (Å²) in [5, 5.41) is 6.89. The highest BCUT2D eigenvalue weighted by Crippen LogP contribution is 2.39. The number of hydrogen-bond acceptors (Lipinski definition) is 5. The van der Waals surface area contributed by atoms with Crippen LogP contribution in [0.15, 0.2) is 22.7 Å². The summed E-state index contributed by atoms with van der Waals surface area (Å²) in [4.78, 5) is 29.3. The molecule has 2 aliphatic rings. The topological polar surface area (TPSA) is 78.7 Å². The fraction of sp³-hybridized carbons (Fsp3) is 0.476. The number of carbonyl (C=O) groups is 2. The van der Waals surface area contributed by atoms with Gasteiger partial charge >= 0.3 is 0 Å². The van der Waals surface area contributed by atoms with E-state index < -0.39 is 0 Å². The zero-order chi connectivity index (χ0) is 19.8. The van der Waals surface area contributed by atoms with Gasteiger partial charge in [0.1, 0.15) is 11.8 Å². The Morgan fingerprint density at radius 1 is 1.29 bits per heavy atom. The number of nitrogens with one attached hydrogen (secondary N) is 1. The van der Waals surface area contributed by atoms with E-state index in [0.29, 0.717) is 18.5 Å². The third kappa shape index (κ3) is 3.15. The fourth-order valence-corrected chi connectivity index (χ4v) is 4.26. The molecule has 1 aromatic heterocycles. The van der Waals surface area contributed by atoms with Gasteiger partial charge in [-0.05, 0) is 57.7 Å². The number of hydrogen-bond donors (Lipinski definition) is 1. The molecule has 1 atom stereocenters. The number of nitrogens with zero attached hydrogens (tertiary/aromatic N) is 3. The Morgan fingerprint density at radius 3 is 2.86 bits per heavy atom. The van der Waals surface area contributed by atoms with Crippen molar-refractivity contribution >= 4 is 23.2 Å². The lowest BCUT2D eigenvalue weighted by atomic mass is 9.96. The molecule has 0 radical (unpaired) electrons. The maximum Gasteiger partial charge on any atom is 0.251 e. The number of fused-ring (bicyclic) bond motifs is 3. The predicted octanol–water partition coefficient (Wildman–Crippen LogP) is 2.60. The molecule has 4 rings (SSSR count). The van der Waals surface area contributed by atoms with Gasteiger partial charge in [0, 0.05) is 31.3 Å². The van der Waals surface area contributed by atoms with E-state index in [0.717, 1.165) is 54.2 Å². The van der Waals surface area contributed by atoms with Crippen molar-refractivity contribution in [3.05, 3.63) is 40.8 Å². The SMILES string of the molecule is Cc1noc(C)c1CCNC(=O)c1ccc2c(c1)N(C)C(=O)[C@@H]1CCCCN21. The van der Waals surface area contributed by atoms with Gasteiger partial charge in [-0.1, -0.05) is 5.16 Å². The Balaban J connectivity index is 1.49. The molecule has 2 amide bonds. The first-order valence-corrected chi connectivity index (χ1v) is 9.85. The Hall–Kier alpha value is -2.83. The molecule has 1 saturated heterocycles. The van der Waals surface area contributed by atoms with Gasteiger partial charge in [-0.15, -0.1) is 0 Å². The van der Waals surface area contributed by atoms with Crippen LogP contribution in [0.5, 0.6) is 0 Å². The quantitative estimate of drug-likeness (QED) is 0.879. The van der Waals surface area contributed by atoms with E-state index in [9.17, 15) is 9.59 Å². The first-order valence-electron chi connectivity index (χ1n) is 9.85. The summed E-state index contributed by atoms with van der Waals surface area (Å²) in [6.45, 7) is 5.17. The molecule has 7 heteroatoms. The number of likely N-dealkylation sites (N-methyl/N-ethyl adjacent to an activating group) is 1. The molecule has 1 N–H and O–H groups in total. The number of aromatic nitrogens is 1. The highest BCUT2D eigenvalue weighted by atomic mass is 16.5. The molecule has 0 unspecified atom stereocenters. The number of rotatable bonds is 4. The van der Waals surface area contributed by atoms with Crippen LogP contribution in [0.2, 0.25) is 0 Å². The van der Waals surface area contributed by atoms with E-state index in [-0.39, 0.29) is 17.9 Å². The van der Waals surface area contributed by atoms with E-state index in [2.05, 4.69) is 15.4 Å². The molecule has 148 valence electrons. The Bertz CT molecular complexity index is 901. The van der Waals surface area contributed by atoms with E-state index in [1.165, 1.54) is 0 Å². The molecule has 28 heavy (non-hydrogen) atoms. The third-order valence-corrected chi connectivity index (χ3v) is 5.87. The molecule has 0 aliphatic carbocycles. The van der Waals surface area contributed by atoms with Crippen LogP contribution in [0.4, 0.5) is 11.4 Å². The van der Waals surface area contributed by atoms with Crippen molar-refractivity contribution in [2.45, 2.75) is 45.6 Å². The number of aryl methyl sites for hydroxylation is 2. The number of piperidine rings is 1. The van der Waals surface area contributed by atoms with Gasteiger partial charge < -0.3 is 19.6 Å². The average Bonchev–Trinajstić information content (AvgIpc) is 3.03. The van der Waals surface area contributed by atoms with Crippen molar-refractivity contribution in [2.24, 2.45) is 0 Å². The van der Waals surface area contributed by atoms with Gasteiger partial charge in [-0.3, -0.25) is 9.59 Å². The Kier molecular flexibility index (Phi) is 4.83. The zero-order valence-electron chi connectivity index (χ0n) is 16.6. The normalized spacial score (nSPS) is 18.7. The monoisotopic (exact) mass is 382 g/mol. The summed E-state index contributed by atoms with van der Waals surface area (Å²) in [7, 11) is 1.80. The second-order valence-electron chi connectivity index (χ2n) is 7.61. The van der Waals surface area contributed by atoms with Gasteiger partial charge in [-0.25, -0.2) is 0 Å². The molecular formula is C21H26N4O3. The standard InChI is InChI=1S/C21H26N4O3/c1-13-16(14(2)28-23-13)9-10-22-20(26)15-7-8-17-19(12-15)24(3)21(27)18-6-4-5-11-25(17)18/h7-8,12,18H,4-6,9-11H2,1-3H3,(H,22,26)/t18-/m0/s1. The van der Waals surface area contributed by atoms with Crippen LogP contribution in [0, 0.1) is 13.8 Å². The maximum atomic E-state index is 12.7. The van der Waals surface area contributed by atoms with Gasteiger partial charge in [0.25, 0.3) is 5.91 Å². The van der Waals surface area contributed by atoms with Gasteiger partial charge in [0.15, 0.2) is 0 Å². The van der Waals surface area contributed by atoms with Crippen LogP contribution in [-0.2, 0) is 11.2 Å². The average molecular weight is 382 g/mol. The van der Waals surface area contributed by atoms with Crippen LogP contribution >= 0.6 is 0 Å². The summed E-state index contributed by atoms with van der Waals surface area (Å²) >= 11 is 0. The van der Waals surface area contributed by atoms with E-state index in [1.807, 2.05) is 32.0 Å². The summed E-state index contributed by atoms with van der Waals surface area (Å²) in [6.07, 6.45) is 3.75. The van der Waals surface area contributed by atoms with Crippen molar-refractivity contribution in [2.75, 3.05) is 29.9 Å². The van der Waals surface area contributed by atoms with E-state index >= 15 is 0 Å². The van der Waals surface area contributed by atoms with Crippen molar-refractivity contribution in [1.82, 2.24) is 10.5 Å². The largest absolute Gasteiger partial charge is 0.361 e. The molecule has 1 aromatic carbocycles. The van der Waals surface area contributed by atoms with E-state index in [1.54, 1.807) is 11.9 Å². The number of anilines is 2. The summed E-state index contributed by atoms with van der Waals surface area (Å²) in [5.74, 6) is 0.760. The molecule has 0 spiro atoms. The van der Waals surface area contributed by atoms with Crippen molar-refractivity contribution in [3.63, 3.8) is 0 Å². The zero-order valence-corrected chi connectivity index (χ0v) is 16.6. The van der Waals surface area contributed by atoms with Gasteiger partial charge in [0.2, 0.25) is 5.91 Å². The van der Waals surface area contributed by atoms with Crippen molar-refractivity contribution in [1.29, 1.82) is 0 Å². The van der Waals surface area contributed by atoms with Crippen LogP contribution < -0.4 is 15.1 Å². The molecule has 2 aromatic rings. The highest BCUT2D eigenvalue weighted by molar-refractivity contribution is 6.07. The lowest BCUT2D eigenvalue weighted by molar-refractivity contribution is -0.120. The van der Waals surface area contributed by atoms with Gasteiger partial charge in [0.05, 0.1) is 17.1 Å². The first kappa shape index (κ1) is 18.5. The molecule has 7 nitrogen and oxygen atoms in total. The lowest BCUT2D eigenvalue weighted by Gasteiger charge is -2.44. The third-order valence-electron chi connectivity index (χ3n) is 5.87. The minimum absolute atomic E-state index is 0.0685.